The zero-order valence-corrected chi connectivity index (χ0v) is 26.3. The highest BCUT2D eigenvalue weighted by molar-refractivity contribution is 6.08. The van der Waals surface area contributed by atoms with Gasteiger partial charge in [0.05, 0.1) is 25.2 Å². The topological polar surface area (TPSA) is 108 Å². The van der Waals surface area contributed by atoms with Crippen LogP contribution in [-0.2, 0) is 47.6 Å². The second kappa shape index (κ2) is 15.9. The molecule has 1 amide bonds. The second-order valence-corrected chi connectivity index (χ2v) is 10.8. The summed E-state index contributed by atoms with van der Waals surface area (Å²) in [6, 6.07) is 26.2. The minimum Gasteiger partial charge on any atom is -0.465 e. The summed E-state index contributed by atoms with van der Waals surface area (Å²) in [7, 11) is 0. The number of hydrogen-bond acceptors (Lipinski definition) is 7. The molecule has 8 nitrogen and oxygen atoms in total. The number of rotatable bonds is 13. The van der Waals surface area contributed by atoms with E-state index in [1.165, 1.54) is 12.1 Å². The quantitative estimate of drug-likeness (QED) is 0.0928. The lowest BCUT2D eigenvalue weighted by atomic mass is 9.82. The summed E-state index contributed by atoms with van der Waals surface area (Å²) in [4.78, 5) is 52.4. The molecule has 4 rings (SSSR count). The number of benzene rings is 4. The number of halogens is 3. The van der Waals surface area contributed by atoms with E-state index >= 15 is 0 Å². The summed E-state index contributed by atoms with van der Waals surface area (Å²) in [6.45, 7) is 2.63. The summed E-state index contributed by atoms with van der Waals surface area (Å²) in [5.41, 5.74) is 0.0460. The Balaban J connectivity index is 1.43. The van der Waals surface area contributed by atoms with Crippen LogP contribution in [0.4, 0.5) is 18.9 Å². The Kier molecular flexibility index (Phi) is 11.7. The second-order valence-electron chi connectivity index (χ2n) is 10.8. The molecule has 0 aliphatic carbocycles. The highest BCUT2D eigenvalue weighted by Crippen LogP contribution is 2.32. The van der Waals surface area contributed by atoms with E-state index in [0.717, 1.165) is 12.1 Å². The van der Waals surface area contributed by atoms with Gasteiger partial charge in [-0.05, 0) is 66.4 Å². The zero-order chi connectivity index (χ0) is 34.7. The van der Waals surface area contributed by atoms with E-state index in [-0.39, 0.29) is 31.6 Å². The van der Waals surface area contributed by atoms with Gasteiger partial charge in [-0.15, -0.1) is 0 Å². The van der Waals surface area contributed by atoms with Crippen molar-refractivity contribution in [2.24, 2.45) is 5.41 Å². The van der Waals surface area contributed by atoms with Crippen LogP contribution in [-0.4, -0.2) is 43.6 Å². The van der Waals surface area contributed by atoms with Crippen LogP contribution in [0.1, 0.15) is 40.9 Å². The third-order valence-electron chi connectivity index (χ3n) is 7.42. The zero-order valence-electron chi connectivity index (χ0n) is 26.3. The number of carbonyl (C=O) groups is 4. The molecule has 0 fully saturated rings. The molecule has 4 aromatic carbocycles. The number of esters is 3. The van der Waals surface area contributed by atoms with Crippen molar-refractivity contribution in [3.8, 4) is 11.1 Å². The van der Waals surface area contributed by atoms with Crippen LogP contribution in [0.25, 0.3) is 11.1 Å². The van der Waals surface area contributed by atoms with Gasteiger partial charge in [0, 0.05) is 17.7 Å². The van der Waals surface area contributed by atoms with Crippen LogP contribution >= 0.6 is 0 Å². The van der Waals surface area contributed by atoms with Gasteiger partial charge in [0.25, 0.3) is 5.91 Å². The van der Waals surface area contributed by atoms with Gasteiger partial charge in [0.2, 0.25) is 5.41 Å². The third-order valence-corrected chi connectivity index (χ3v) is 7.42. The number of ether oxygens (including phenoxy) is 3. The molecule has 0 aliphatic heterocycles. The molecule has 0 unspecified atom stereocenters. The van der Waals surface area contributed by atoms with Crippen LogP contribution in [0, 0.1) is 5.41 Å². The van der Waals surface area contributed by atoms with E-state index in [1.807, 2.05) is 0 Å². The van der Waals surface area contributed by atoms with Gasteiger partial charge in [-0.25, -0.2) is 0 Å². The molecule has 0 bridgehead atoms. The molecule has 0 radical (unpaired) electrons. The lowest BCUT2D eigenvalue weighted by molar-refractivity contribution is -0.178. The first-order chi connectivity index (χ1) is 23.0. The van der Waals surface area contributed by atoms with Crippen molar-refractivity contribution in [2.45, 2.75) is 32.9 Å². The lowest BCUT2D eigenvalue weighted by Crippen LogP contribution is -2.48. The number of hydrogen-bond donors (Lipinski definition) is 1. The van der Waals surface area contributed by atoms with Gasteiger partial charge in [0.15, 0.2) is 0 Å². The van der Waals surface area contributed by atoms with E-state index in [1.54, 1.807) is 92.7 Å². The molecule has 48 heavy (non-hydrogen) atoms. The molecule has 0 saturated carbocycles. The standard InChI is InChI=1S/C37H34F3NO7/c1-3-46-34(44)36(35(45)47-4-2,23-26-10-6-5-7-11-26)24-48-32(42)22-25-14-20-29(21-15-25)41-33(43)31-13-9-8-12-30(31)27-16-18-28(19-17-27)37(38,39)40/h5-21H,3-4,22-24H2,1-2H3,(H,41,43). The van der Waals surface area contributed by atoms with E-state index in [0.29, 0.717) is 27.9 Å². The Labute approximate surface area is 275 Å². The molecular formula is C37H34F3NO7. The van der Waals surface area contributed by atoms with Crippen molar-refractivity contribution in [3.63, 3.8) is 0 Å². The van der Waals surface area contributed by atoms with Gasteiger partial charge in [-0.2, -0.15) is 13.2 Å². The van der Waals surface area contributed by atoms with Gasteiger partial charge in [0.1, 0.15) is 6.61 Å². The van der Waals surface area contributed by atoms with Crippen LogP contribution in [0.15, 0.2) is 103 Å². The Morgan fingerprint density at radius 2 is 1.25 bits per heavy atom. The average molecular weight is 662 g/mol. The van der Waals surface area contributed by atoms with E-state index in [9.17, 15) is 32.3 Å². The molecule has 4 aromatic rings. The van der Waals surface area contributed by atoms with Crippen molar-refractivity contribution in [1.29, 1.82) is 0 Å². The van der Waals surface area contributed by atoms with Gasteiger partial charge in [-0.3, -0.25) is 19.2 Å². The highest BCUT2D eigenvalue weighted by atomic mass is 19.4. The van der Waals surface area contributed by atoms with Crippen molar-refractivity contribution >= 4 is 29.5 Å². The first-order valence-corrected chi connectivity index (χ1v) is 15.2. The largest absolute Gasteiger partial charge is 0.465 e. The molecule has 0 spiro atoms. The number of amides is 1. The van der Waals surface area contributed by atoms with Crippen LogP contribution in [0.2, 0.25) is 0 Å². The summed E-state index contributed by atoms with van der Waals surface area (Å²) in [5.74, 6) is -2.91. The fraction of sp³-hybridized carbons (Fsp3) is 0.243. The SMILES string of the molecule is CCOC(=O)C(COC(=O)Cc1ccc(NC(=O)c2ccccc2-c2ccc(C(F)(F)F)cc2)cc1)(Cc1ccccc1)C(=O)OCC. The van der Waals surface area contributed by atoms with Crippen molar-refractivity contribution in [2.75, 3.05) is 25.1 Å². The van der Waals surface area contributed by atoms with Crippen LogP contribution < -0.4 is 5.32 Å². The van der Waals surface area contributed by atoms with Gasteiger partial charge < -0.3 is 19.5 Å². The normalized spacial score (nSPS) is 11.4. The lowest BCUT2D eigenvalue weighted by Gasteiger charge is -2.28. The van der Waals surface area contributed by atoms with Gasteiger partial charge in [-0.1, -0.05) is 72.8 Å². The van der Waals surface area contributed by atoms with Crippen molar-refractivity contribution < 1.29 is 46.6 Å². The van der Waals surface area contributed by atoms with Gasteiger partial charge >= 0.3 is 24.1 Å². The summed E-state index contributed by atoms with van der Waals surface area (Å²) < 4.78 is 55.0. The smallest absolute Gasteiger partial charge is 0.416 e. The maximum atomic E-state index is 13.2. The summed E-state index contributed by atoms with van der Waals surface area (Å²) >= 11 is 0. The predicted molar refractivity (Wildman–Crippen MR) is 172 cm³/mol. The Morgan fingerprint density at radius 3 is 1.83 bits per heavy atom. The Bertz CT molecular complexity index is 1700. The number of alkyl halides is 3. The number of anilines is 1. The molecule has 250 valence electrons. The maximum absolute atomic E-state index is 13.2. The predicted octanol–water partition coefficient (Wildman–Crippen LogP) is 7.07. The molecule has 0 aromatic heterocycles. The Hall–Kier alpha value is -5.45. The van der Waals surface area contributed by atoms with Crippen LogP contribution in [0.5, 0.6) is 0 Å². The first kappa shape index (κ1) is 35.4. The molecule has 11 heteroatoms. The molecule has 0 aliphatic rings. The summed E-state index contributed by atoms with van der Waals surface area (Å²) in [5, 5.41) is 2.76. The average Bonchev–Trinajstić information content (AvgIpc) is 3.08. The monoisotopic (exact) mass is 661 g/mol. The van der Waals surface area contributed by atoms with E-state index in [4.69, 9.17) is 14.2 Å². The molecule has 0 heterocycles. The van der Waals surface area contributed by atoms with Crippen molar-refractivity contribution in [3.05, 3.63) is 125 Å². The van der Waals surface area contributed by atoms with E-state index < -0.39 is 47.6 Å². The first-order valence-electron chi connectivity index (χ1n) is 15.2. The molecule has 1 N–H and O–H groups in total. The molecular weight excluding hydrogens is 627 g/mol. The number of nitrogens with one attached hydrogen (secondary N) is 1. The summed E-state index contributed by atoms with van der Waals surface area (Å²) in [6.07, 6.45) is -4.77. The van der Waals surface area contributed by atoms with E-state index in [2.05, 4.69) is 5.32 Å². The maximum Gasteiger partial charge on any atom is 0.416 e. The fourth-order valence-electron chi connectivity index (χ4n) is 4.98. The highest BCUT2D eigenvalue weighted by Gasteiger charge is 2.50. The van der Waals surface area contributed by atoms with Crippen LogP contribution in [0.3, 0.4) is 0 Å². The minimum atomic E-state index is -4.48. The number of carbonyl (C=O) groups excluding carboxylic acids is 4. The molecule has 0 saturated heterocycles. The van der Waals surface area contributed by atoms with Crippen molar-refractivity contribution in [1.82, 2.24) is 0 Å². The molecule has 0 atom stereocenters. The third kappa shape index (κ3) is 8.87. The minimum absolute atomic E-state index is 0.00620. The fourth-order valence-corrected chi connectivity index (χ4v) is 4.98. The Morgan fingerprint density at radius 1 is 0.667 bits per heavy atom.